The molecule has 2 amide bonds. The number of hydrogen-bond donors (Lipinski definition) is 3. The van der Waals surface area contributed by atoms with Crippen molar-refractivity contribution in [1.29, 1.82) is 0 Å². The third-order valence-electron chi connectivity index (χ3n) is 5.07. The quantitative estimate of drug-likeness (QED) is 0.0676. The van der Waals surface area contributed by atoms with Crippen molar-refractivity contribution in [3.8, 4) is 0 Å². The normalized spacial score (nSPS) is 13.9. The fourth-order valence-corrected chi connectivity index (χ4v) is 8.29. The van der Waals surface area contributed by atoms with E-state index in [1.807, 2.05) is 51.4 Å². The first-order chi connectivity index (χ1) is 16.3. The van der Waals surface area contributed by atoms with Crippen molar-refractivity contribution in [3.05, 3.63) is 67.2 Å². The van der Waals surface area contributed by atoms with Gasteiger partial charge in [-0.2, -0.15) is 0 Å². The average Bonchev–Trinajstić information content (AvgIpc) is 3.57. The lowest BCUT2D eigenvalue weighted by atomic mass is 10.0. The van der Waals surface area contributed by atoms with Crippen LogP contribution in [-0.4, -0.2) is 41.9 Å². The monoisotopic (exact) mass is 743 g/mol. The fourth-order valence-electron chi connectivity index (χ4n) is 3.49. The smallest absolute Gasteiger partial charge is 0.406 e. The molecule has 0 saturated heterocycles. The maximum Gasteiger partial charge on any atom is 0.406 e. The molecule has 3 heterocycles. The molecule has 3 rings (SSSR count). The standard InChI is InChI=1S/C22H23I2N3O4S3/c23-18(8-1-9-25-19(28)17-7-4-12-34-17)22(20(24)29,26-21(30)31)27(13-15-5-2-10-32-15)14-16-6-3-11-33-16/h2-7,10-12,18,26H,1,8-9,13-14H2,(H,25,28)(H,30,31)/t18?,22-/m0/s1. The van der Waals surface area contributed by atoms with Gasteiger partial charge in [-0.15, -0.1) is 34.0 Å². The Kier molecular flexibility index (Phi) is 10.8. The Morgan fingerprint density at radius 3 is 2.06 bits per heavy atom. The second kappa shape index (κ2) is 13.3. The van der Waals surface area contributed by atoms with Crippen LogP contribution in [0, 0.1) is 0 Å². The lowest BCUT2D eigenvalue weighted by molar-refractivity contribution is -0.123. The average molecular weight is 743 g/mol. The highest BCUT2D eigenvalue weighted by molar-refractivity contribution is 14.1. The van der Waals surface area contributed by atoms with E-state index in [0.29, 0.717) is 37.4 Å². The predicted octanol–water partition coefficient (Wildman–Crippen LogP) is 5.81. The number of alkyl halides is 1. The minimum Gasteiger partial charge on any atom is -0.465 e. The maximum absolute atomic E-state index is 13.2. The summed E-state index contributed by atoms with van der Waals surface area (Å²) in [5.41, 5.74) is -1.43. The van der Waals surface area contributed by atoms with Gasteiger partial charge in [0, 0.05) is 52.0 Å². The van der Waals surface area contributed by atoms with Gasteiger partial charge >= 0.3 is 6.09 Å². The van der Waals surface area contributed by atoms with E-state index < -0.39 is 11.8 Å². The number of halogens is 2. The first-order valence-corrected chi connectivity index (χ1v) is 15.3. The largest absolute Gasteiger partial charge is 0.465 e. The number of carbonyl (C=O) groups excluding carboxylic acids is 2. The summed E-state index contributed by atoms with van der Waals surface area (Å²) in [7, 11) is 0. The summed E-state index contributed by atoms with van der Waals surface area (Å²) in [6.45, 7) is 1.29. The van der Waals surface area contributed by atoms with Crippen LogP contribution in [0.5, 0.6) is 0 Å². The first kappa shape index (κ1) is 27.5. The van der Waals surface area contributed by atoms with Gasteiger partial charge in [-0.1, -0.05) is 40.8 Å². The lowest BCUT2D eigenvalue weighted by Crippen LogP contribution is -2.68. The SMILES string of the molecule is O=C(O)N[C@@](C(=O)I)(C(I)CCCNC(=O)c1cccs1)N(Cc1cccs1)Cc1cccs1. The molecule has 0 fully saturated rings. The third kappa shape index (κ3) is 7.22. The molecule has 12 heteroatoms. The van der Waals surface area contributed by atoms with E-state index in [-0.39, 0.29) is 13.6 Å². The molecule has 0 aliphatic carbocycles. The van der Waals surface area contributed by atoms with Crippen LogP contribution in [0.2, 0.25) is 0 Å². The number of nitrogens with zero attached hydrogens (tertiary/aromatic N) is 1. The zero-order valence-electron chi connectivity index (χ0n) is 17.9. The first-order valence-electron chi connectivity index (χ1n) is 10.3. The number of amides is 2. The summed E-state index contributed by atoms with van der Waals surface area (Å²) in [5, 5.41) is 21.0. The van der Waals surface area contributed by atoms with Crippen LogP contribution in [0.1, 0.15) is 32.3 Å². The van der Waals surface area contributed by atoms with Gasteiger partial charge in [-0.3, -0.25) is 19.8 Å². The Morgan fingerprint density at radius 1 is 1.00 bits per heavy atom. The Morgan fingerprint density at radius 2 is 1.59 bits per heavy atom. The molecule has 0 saturated carbocycles. The second-order valence-corrected chi connectivity index (χ2v) is 12.8. The van der Waals surface area contributed by atoms with E-state index in [4.69, 9.17) is 0 Å². The van der Waals surface area contributed by atoms with Gasteiger partial charge in [0.25, 0.3) is 5.91 Å². The number of hydrogen-bond acceptors (Lipinski definition) is 7. The molecule has 2 atom stereocenters. The van der Waals surface area contributed by atoms with Crippen LogP contribution in [-0.2, 0) is 17.9 Å². The zero-order valence-corrected chi connectivity index (χ0v) is 24.7. The molecular weight excluding hydrogens is 720 g/mol. The summed E-state index contributed by atoms with van der Waals surface area (Å²) in [6, 6.07) is 11.5. The van der Waals surface area contributed by atoms with Gasteiger partial charge in [-0.25, -0.2) is 4.79 Å². The van der Waals surface area contributed by atoms with Gasteiger partial charge in [-0.05, 0) is 47.2 Å². The molecule has 0 bridgehead atoms. The van der Waals surface area contributed by atoms with E-state index in [1.54, 1.807) is 51.3 Å². The molecule has 3 aromatic heterocycles. The van der Waals surface area contributed by atoms with Crippen LogP contribution in [0.15, 0.2) is 52.5 Å². The Labute approximate surface area is 237 Å². The molecule has 0 radical (unpaired) electrons. The van der Waals surface area contributed by atoms with Crippen molar-refractivity contribution in [1.82, 2.24) is 15.5 Å². The number of carboxylic acid groups (broad SMARTS) is 1. The van der Waals surface area contributed by atoms with Crippen molar-refractivity contribution < 1.29 is 19.5 Å². The number of thiophene rings is 3. The van der Waals surface area contributed by atoms with E-state index in [1.165, 1.54) is 11.3 Å². The topological polar surface area (TPSA) is 98.7 Å². The van der Waals surface area contributed by atoms with Crippen molar-refractivity contribution in [2.45, 2.75) is 35.5 Å². The molecular formula is C22H23I2N3O4S3. The fraction of sp³-hybridized carbons (Fsp3) is 0.318. The van der Waals surface area contributed by atoms with E-state index in [0.717, 1.165) is 9.75 Å². The Bertz CT molecular complexity index is 1030. The zero-order chi connectivity index (χ0) is 24.6. The highest BCUT2D eigenvalue weighted by atomic mass is 127. The van der Waals surface area contributed by atoms with Crippen LogP contribution < -0.4 is 10.6 Å². The van der Waals surface area contributed by atoms with E-state index >= 15 is 0 Å². The molecule has 182 valence electrons. The molecule has 3 aromatic rings. The van der Waals surface area contributed by atoms with Gasteiger partial charge < -0.3 is 10.4 Å². The molecule has 7 nitrogen and oxygen atoms in total. The minimum atomic E-state index is -1.43. The summed E-state index contributed by atoms with van der Waals surface area (Å²) in [6.07, 6.45) is -0.116. The molecule has 34 heavy (non-hydrogen) atoms. The lowest BCUT2D eigenvalue weighted by Gasteiger charge is -2.44. The van der Waals surface area contributed by atoms with Crippen LogP contribution >= 0.6 is 79.2 Å². The van der Waals surface area contributed by atoms with Crippen LogP contribution in [0.25, 0.3) is 0 Å². The molecule has 0 aliphatic rings. The van der Waals surface area contributed by atoms with Crippen molar-refractivity contribution in [2.75, 3.05) is 6.54 Å². The van der Waals surface area contributed by atoms with Crippen LogP contribution in [0.4, 0.5) is 4.79 Å². The number of rotatable bonds is 13. The third-order valence-corrected chi connectivity index (χ3v) is 10.0. The Balaban J connectivity index is 1.80. The van der Waals surface area contributed by atoms with Gasteiger partial charge in [0.15, 0.2) is 5.66 Å². The summed E-state index contributed by atoms with van der Waals surface area (Å²) in [5.74, 6) is -0.128. The van der Waals surface area contributed by atoms with Crippen molar-refractivity contribution >= 4 is 95.0 Å². The maximum atomic E-state index is 13.2. The second-order valence-electron chi connectivity index (χ2n) is 7.33. The summed E-state index contributed by atoms with van der Waals surface area (Å²) >= 11 is 8.40. The molecule has 0 aliphatic heterocycles. The number of carbonyl (C=O) groups is 3. The van der Waals surface area contributed by atoms with E-state index in [2.05, 4.69) is 33.2 Å². The van der Waals surface area contributed by atoms with E-state index in [9.17, 15) is 19.5 Å². The van der Waals surface area contributed by atoms with Gasteiger partial charge in [0.2, 0.25) is 3.79 Å². The van der Waals surface area contributed by atoms with Crippen molar-refractivity contribution in [3.63, 3.8) is 0 Å². The highest BCUT2D eigenvalue weighted by Crippen LogP contribution is 2.34. The molecule has 0 aromatic carbocycles. The molecule has 1 unspecified atom stereocenters. The predicted molar refractivity (Wildman–Crippen MR) is 154 cm³/mol. The Hall–Kier alpha value is -1.07. The highest BCUT2D eigenvalue weighted by Gasteiger charge is 2.49. The number of nitrogens with one attached hydrogen (secondary N) is 2. The van der Waals surface area contributed by atoms with Crippen LogP contribution in [0.3, 0.4) is 0 Å². The minimum absolute atomic E-state index is 0.128. The van der Waals surface area contributed by atoms with Crippen molar-refractivity contribution in [2.24, 2.45) is 0 Å². The van der Waals surface area contributed by atoms with Gasteiger partial charge in [0.1, 0.15) is 0 Å². The summed E-state index contributed by atoms with van der Waals surface area (Å²) < 4.78 is -0.660. The molecule has 3 N–H and O–H groups in total. The molecule has 0 spiro atoms. The summed E-state index contributed by atoms with van der Waals surface area (Å²) in [4.78, 5) is 42.0. The van der Waals surface area contributed by atoms with Gasteiger partial charge in [0.05, 0.1) is 8.80 Å².